The number of hydrogen-bond donors (Lipinski definition) is 0. The highest BCUT2D eigenvalue weighted by atomic mass is 35.5. The Kier molecular flexibility index (Phi) is 12.3. The summed E-state index contributed by atoms with van der Waals surface area (Å²) in [5.74, 6) is 0.279. The van der Waals surface area contributed by atoms with Crippen molar-refractivity contribution in [2.75, 3.05) is 20.4 Å². The minimum atomic E-state index is -0.925. The number of esters is 2. The van der Waals surface area contributed by atoms with Gasteiger partial charge in [-0.2, -0.15) is 0 Å². The molecule has 3 heterocycles. The van der Waals surface area contributed by atoms with Crippen LogP contribution in [0.2, 0.25) is 5.02 Å². The van der Waals surface area contributed by atoms with E-state index >= 15 is 0 Å². The number of ether oxygens (including phenoxy) is 4. The summed E-state index contributed by atoms with van der Waals surface area (Å²) in [6, 6.07) is 4.33. The third-order valence-electron chi connectivity index (χ3n) is 12.8. The van der Waals surface area contributed by atoms with Crippen LogP contribution in [-0.2, 0) is 35.1 Å². The minimum Gasteiger partial charge on any atom is -0.488 e. The number of benzene rings is 1. The Morgan fingerprint density at radius 3 is 2.44 bits per heavy atom. The molecule has 59 heavy (non-hydrogen) atoms. The number of hydrogen-bond acceptors (Lipinski definition) is 11. The molecular formula is C45H55ClN4O8S. The van der Waals surface area contributed by atoms with Crippen molar-refractivity contribution in [2.24, 2.45) is 40.4 Å². The van der Waals surface area contributed by atoms with E-state index < -0.39 is 40.8 Å². The van der Waals surface area contributed by atoms with Crippen LogP contribution in [-0.4, -0.2) is 77.1 Å². The van der Waals surface area contributed by atoms with Gasteiger partial charge in [-0.05, 0) is 66.9 Å². The Morgan fingerprint density at radius 1 is 1.05 bits per heavy atom. The number of methoxy groups -OCH3 is 1. The topological polar surface area (TPSA) is 139 Å². The first-order valence-electron chi connectivity index (χ1n) is 20.9. The van der Waals surface area contributed by atoms with Crippen LogP contribution in [0.1, 0.15) is 97.9 Å². The highest BCUT2D eigenvalue weighted by Crippen LogP contribution is 2.58. The van der Waals surface area contributed by atoms with E-state index in [1.54, 1.807) is 34.4 Å². The number of likely N-dealkylation sites (tertiary alicyclic amines) is 1. The molecule has 1 saturated heterocycles. The Labute approximate surface area is 355 Å². The van der Waals surface area contributed by atoms with Gasteiger partial charge in [-0.3, -0.25) is 24.0 Å². The van der Waals surface area contributed by atoms with Crippen LogP contribution in [0.25, 0.3) is 27.1 Å². The van der Waals surface area contributed by atoms with Crippen LogP contribution in [0, 0.1) is 47.0 Å². The zero-order chi connectivity index (χ0) is 42.4. The maximum Gasteiger partial charge on any atom is 0.357 e. The highest BCUT2D eigenvalue weighted by Gasteiger charge is 2.62. The number of halogens is 1. The molecule has 0 bridgehead atoms. The average molecular weight is 847 g/mol. The molecule has 2 aromatic heterocycles. The van der Waals surface area contributed by atoms with Gasteiger partial charge in [0.05, 0.1) is 59.4 Å². The van der Waals surface area contributed by atoms with Crippen LogP contribution in [0.3, 0.4) is 0 Å². The molecule has 0 spiro atoms. The zero-order valence-corrected chi connectivity index (χ0v) is 36.6. The summed E-state index contributed by atoms with van der Waals surface area (Å²) in [4.78, 5) is 70.6. The second-order valence-electron chi connectivity index (χ2n) is 18.5. The zero-order valence-electron chi connectivity index (χ0n) is 35.0. The third kappa shape index (κ3) is 9.09. The number of nitrogens with zero attached hydrogens (tertiary/aromatic N) is 4. The van der Waals surface area contributed by atoms with Gasteiger partial charge < -0.3 is 23.8 Å². The number of rotatable bonds is 16. The van der Waals surface area contributed by atoms with Gasteiger partial charge in [0, 0.05) is 36.1 Å². The Balaban J connectivity index is 1.21. The van der Waals surface area contributed by atoms with E-state index in [1.807, 2.05) is 33.1 Å². The van der Waals surface area contributed by atoms with Crippen molar-refractivity contribution in [3.63, 3.8) is 0 Å². The van der Waals surface area contributed by atoms with Crippen LogP contribution in [0.5, 0.6) is 11.5 Å². The molecule has 1 aliphatic heterocycles. The summed E-state index contributed by atoms with van der Waals surface area (Å²) < 4.78 is 23.6. The summed E-state index contributed by atoms with van der Waals surface area (Å²) in [6.45, 7) is 19.1. The fraction of sp³-hybridized carbons (Fsp3) is 0.622. The normalized spacial score (nSPS) is 26.3. The first-order chi connectivity index (χ1) is 28.0. The molecule has 8 atom stereocenters. The lowest BCUT2D eigenvalue weighted by atomic mass is 9.77. The molecule has 4 aliphatic rings. The molecular weight excluding hydrogens is 792 g/mol. The number of amides is 1. The van der Waals surface area contributed by atoms with Gasteiger partial charge in [-0.1, -0.05) is 59.6 Å². The number of thiazole rings is 1. The smallest absolute Gasteiger partial charge is 0.357 e. The van der Waals surface area contributed by atoms with E-state index in [-0.39, 0.29) is 61.3 Å². The van der Waals surface area contributed by atoms with Crippen LogP contribution >= 0.6 is 22.9 Å². The molecule has 3 aliphatic carbocycles. The number of carbonyl (C=O) groups is 4. The van der Waals surface area contributed by atoms with Gasteiger partial charge in [-0.25, -0.2) is 16.5 Å². The highest BCUT2D eigenvalue weighted by molar-refractivity contribution is 7.09. The van der Waals surface area contributed by atoms with E-state index in [9.17, 15) is 19.2 Å². The number of ketones is 1. The van der Waals surface area contributed by atoms with Crippen molar-refractivity contribution in [1.29, 1.82) is 0 Å². The molecule has 14 heteroatoms. The second kappa shape index (κ2) is 17.0. The molecule has 3 saturated carbocycles. The summed E-state index contributed by atoms with van der Waals surface area (Å²) in [7, 11) is 1.34. The maximum absolute atomic E-state index is 14.9. The number of fused-ring (bicyclic) bond motifs is 2. The average Bonchev–Trinajstić information content (AvgIpc) is 3.85. The van der Waals surface area contributed by atoms with E-state index in [4.69, 9.17) is 47.1 Å². The molecule has 1 unspecified atom stereocenters. The van der Waals surface area contributed by atoms with E-state index in [0.717, 1.165) is 30.7 Å². The van der Waals surface area contributed by atoms with Crippen molar-refractivity contribution in [1.82, 2.24) is 14.9 Å². The number of pyridine rings is 1. The molecule has 3 aromatic rings. The van der Waals surface area contributed by atoms with E-state index in [0.29, 0.717) is 58.0 Å². The first kappa shape index (κ1) is 42.8. The predicted octanol–water partition coefficient (Wildman–Crippen LogP) is 8.76. The van der Waals surface area contributed by atoms with Crippen molar-refractivity contribution < 1.29 is 38.1 Å². The molecule has 316 valence electrons. The summed E-state index contributed by atoms with van der Waals surface area (Å²) in [5, 5.41) is 3.70. The van der Waals surface area contributed by atoms with Crippen LogP contribution in [0.15, 0.2) is 23.6 Å². The Hall–Kier alpha value is -4.28. The van der Waals surface area contributed by atoms with Crippen LogP contribution < -0.4 is 9.47 Å². The third-order valence-corrected chi connectivity index (χ3v) is 14.0. The molecule has 4 fully saturated rings. The molecule has 7 rings (SSSR count). The fourth-order valence-electron chi connectivity index (χ4n) is 9.34. The maximum atomic E-state index is 14.9. The van der Waals surface area contributed by atoms with Crippen molar-refractivity contribution >= 4 is 57.5 Å². The predicted molar refractivity (Wildman–Crippen MR) is 224 cm³/mol. The van der Waals surface area contributed by atoms with E-state index in [2.05, 4.69) is 18.7 Å². The SMILES string of the molecule is [C-]#[N+]COc1ccc2c(O[C@@H]3C[C@@H](C(=O)C[C@]4(C(=O)OC)C[C@H]4CC)N(C(=O)[C@@H](CC(=O)OC4C[C@@H]5C[C@@H]5C4)C(C)(C)C)C3)cc(-c3csc(CC(C)C)n3)nc2c1Cl. The standard InChI is InChI=1S/C45H55ClN4O8S/c1-9-27-19-45(27,43(54)55-8)20-35(51)34-16-29(21-50(34)42(53)31(44(4,5)6)17-39(52)58-28-14-25-13-26(25)15-28)57-37-18-32(33-22-59-38(48-33)12-24(2)3)49-41-30(37)10-11-36(40(41)46)56-23-47-7/h10-11,18,22,24-29,31,34H,9,12-17,19-21,23H2,1-6,8H3/t25-,26+,27-,28?,29-,31-,34+,45-/m1/s1. The number of carbonyl (C=O) groups excluding carboxylic acids is 4. The monoisotopic (exact) mass is 846 g/mol. The quantitative estimate of drug-likeness (QED) is 0.102. The van der Waals surface area contributed by atoms with Gasteiger partial charge in [0.2, 0.25) is 5.91 Å². The summed E-state index contributed by atoms with van der Waals surface area (Å²) in [5.41, 5.74) is -0.00409. The molecule has 12 nitrogen and oxygen atoms in total. The van der Waals surface area contributed by atoms with Crippen molar-refractivity contribution in [2.45, 2.75) is 118 Å². The lowest BCUT2D eigenvalue weighted by Gasteiger charge is -2.35. The fourth-order valence-corrected chi connectivity index (χ4v) is 10.6. The van der Waals surface area contributed by atoms with E-state index in [1.165, 1.54) is 13.5 Å². The molecule has 1 amide bonds. The summed E-state index contributed by atoms with van der Waals surface area (Å²) in [6.07, 6.45) is 4.27. The van der Waals surface area contributed by atoms with Gasteiger partial charge >= 0.3 is 18.7 Å². The second-order valence-corrected chi connectivity index (χ2v) is 19.8. The lowest BCUT2D eigenvalue weighted by molar-refractivity contribution is -0.157. The van der Waals surface area contributed by atoms with Crippen molar-refractivity contribution in [3.05, 3.63) is 45.0 Å². The van der Waals surface area contributed by atoms with Gasteiger partial charge in [0.1, 0.15) is 28.7 Å². The largest absolute Gasteiger partial charge is 0.488 e. The minimum absolute atomic E-state index is 0.0111. The van der Waals surface area contributed by atoms with Gasteiger partial charge in [0.15, 0.2) is 5.78 Å². The van der Waals surface area contributed by atoms with Crippen LogP contribution in [0.4, 0.5) is 0 Å². The Morgan fingerprint density at radius 2 is 1.80 bits per heavy atom. The molecule has 0 N–H and O–H groups in total. The first-order valence-corrected chi connectivity index (χ1v) is 22.1. The van der Waals surface area contributed by atoms with Crippen molar-refractivity contribution in [3.8, 4) is 22.9 Å². The number of Topliss-reactive ketones (excluding diaryl/α,β-unsaturated/α-hetero) is 1. The lowest BCUT2D eigenvalue weighted by Crippen LogP contribution is -2.48. The van der Waals surface area contributed by atoms with Gasteiger partial charge in [-0.15, -0.1) is 11.3 Å². The molecule has 0 radical (unpaired) electrons. The summed E-state index contributed by atoms with van der Waals surface area (Å²) >= 11 is 8.45. The Bertz CT molecular complexity index is 2150. The number of aromatic nitrogens is 2. The van der Waals surface area contributed by atoms with Gasteiger partial charge in [0.25, 0.3) is 0 Å². The molecule has 1 aromatic carbocycles.